The van der Waals surface area contributed by atoms with Gasteiger partial charge in [-0.05, 0) is 51.0 Å². The summed E-state index contributed by atoms with van der Waals surface area (Å²) in [7, 11) is -3.51. The lowest BCUT2D eigenvalue weighted by molar-refractivity contribution is 0.412. The van der Waals surface area contributed by atoms with Crippen LogP contribution in [0.5, 0.6) is 11.6 Å². The van der Waals surface area contributed by atoms with Crippen molar-refractivity contribution in [1.82, 2.24) is 14.5 Å². The van der Waals surface area contributed by atoms with Crippen LogP contribution in [0.3, 0.4) is 0 Å². The quantitative estimate of drug-likeness (QED) is 0.879. The zero-order chi connectivity index (χ0) is 16.4. The molecule has 0 aliphatic carbocycles. The lowest BCUT2D eigenvalue weighted by Gasteiger charge is -2.21. The molecule has 23 heavy (non-hydrogen) atoms. The van der Waals surface area contributed by atoms with Crippen LogP contribution in [-0.4, -0.2) is 35.5 Å². The Morgan fingerprint density at radius 3 is 2.65 bits per heavy atom. The van der Waals surface area contributed by atoms with Gasteiger partial charge in [-0.3, -0.25) is 9.82 Å². The summed E-state index contributed by atoms with van der Waals surface area (Å²) in [6, 6.07) is 8.58. The van der Waals surface area contributed by atoms with E-state index in [9.17, 15) is 8.42 Å². The van der Waals surface area contributed by atoms with E-state index >= 15 is 0 Å². The molecule has 1 aliphatic heterocycles. The highest BCUT2D eigenvalue weighted by Gasteiger charge is 2.31. The second-order valence-corrected chi connectivity index (χ2v) is 7.35. The van der Waals surface area contributed by atoms with Crippen LogP contribution in [0.4, 0.5) is 5.69 Å². The number of anilines is 1. The highest BCUT2D eigenvalue weighted by atomic mass is 32.2. The average Bonchev–Trinajstić information content (AvgIpc) is 3.10. The SMILES string of the molecule is Cc1cc(Oc2ccc(NS(=O)(=O)N3CCC[C@@H]3C)cc2)n[nH]1. The molecule has 0 amide bonds. The maximum Gasteiger partial charge on any atom is 0.301 e. The van der Waals surface area contributed by atoms with Gasteiger partial charge in [0.2, 0.25) is 5.88 Å². The number of nitrogens with one attached hydrogen (secondary N) is 2. The van der Waals surface area contributed by atoms with Crippen molar-refractivity contribution in [3.63, 3.8) is 0 Å². The third-order valence-corrected chi connectivity index (χ3v) is 5.46. The average molecular weight is 336 g/mol. The van der Waals surface area contributed by atoms with Gasteiger partial charge < -0.3 is 4.74 Å². The first kappa shape index (κ1) is 15.8. The van der Waals surface area contributed by atoms with Crippen LogP contribution in [0.25, 0.3) is 0 Å². The Kier molecular flexibility index (Phi) is 4.27. The molecule has 0 unspecified atom stereocenters. The molecule has 3 rings (SSSR count). The summed E-state index contributed by atoms with van der Waals surface area (Å²) in [5.74, 6) is 1.07. The van der Waals surface area contributed by atoms with E-state index in [1.165, 1.54) is 4.31 Å². The monoisotopic (exact) mass is 336 g/mol. The molecule has 1 atom stereocenters. The fourth-order valence-electron chi connectivity index (χ4n) is 2.63. The largest absolute Gasteiger partial charge is 0.438 e. The minimum Gasteiger partial charge on any atom is -0.438 e. The molecule has 0 saturated carbocycles. The van der Waals surface area contributed by atoms with Crippen molar-refractivity contribution >= 4 is 15.9 Å². The van der Waals surface area contributed by atoms with E-state index in [4.69, 9.17) is 4.74 Å². The van der Waals surface area contributed by atoms with E-state index in [-0.39, 0.29) is 6.04 Å². The number of hydrogen-bond acceptors (Lipinski definition) is 4. The zero-order valence-corrected chi connectivity index (χ0v) is 13.9. The molecule has 0 spiro atoms. The van der Waals surface area contributed by atoms with Gasteiger partial charge in [0.25, 0.3) is 0 Å². The molecule has 1 aromatic heterocycles. The van der Waals surface area contributed by atoms with Crippen LogP contribution in [0.1, 0.15) is 25.5 Å². The van der Waals surface area contributed by atoms with E-state index in [0.717, 1.165) is 18.5 Å². The van der Waals surface area contributed by atoms with Gasteiger partial charge in [0.15, 0.2) is 0 Å². The predicted molar refractivity (Wildman–Crippen MR) is 87.8 cm³/mol. The first-order chi connectivity index (χ1) is 10.9. The van der Waals surface area contributed by atoms with Crippen molar-refractivity contribution in [2.45, 2.75) is 32.7 Å². The third kappa shape index (κ3) is 3.65. The smallest absolute Gasteiger partial charge is 0.301 e. The van der Waals surface area contributed by atoms with Crippen LogP contribution in [0.15, 0.2) is 30.3 Å². The fraction of sp³-hybridized carbons (Fsp3) is 0.400. The van der Waals surface area contributed by atoms with Gasteiger partial charge >= 0.3 is 10.2 Å². The standard InChI is InChI=1S/C15H20N4O3S/c1-11-10-15(17-16-11)22-14-7-5-13(6-8-14)18-23(20,21)19-9-3-4-12(19)2/h5-8,10,12,18H,3-4,9H2,1-2H3,(H,16,17)/t12-/m0/s1. The van der Waals surface area contributed by atoms with Crippen molar-refractivity contribution in [2.24, 2.45) is 0 Å². The van der Waals surface area contributed by atoms with Crippen LogP contribution < -0.4 is 9.46 Å². The summed E-state index contributed by atoms with van der Waals surface area (Å²) in [6.45, 7) is 4.38. The number of aromatic amines is 1. The Morgan fingerprint density at radius 2 is 2.09 bits per heavy atom. The number of aromatic nitrogens is 2. The molecule has 1 saturated heterocycles. The third-order valence-electron chi connectivity index (χ3n) is 3.81. The molecule has 2 aromatic rings. The molecule has 2 heterocycles. The Labute approximate surface area is 135 Å². The predicted octanol–water partition coefficient (Wildman–Crippen LogP) is 2.65. The van der Waals surface area contributed by atoms with Gasteiger partial charge in [0.1, 0.15) is 5.75 Å². The van der Waals surface area contributed by atoms with Gasteiger partial charge in [0.05, 0.1) is 5.69 Å². The fourth-order valence-corrected chi connectivity index (χ4v) is 4.13. The Balaban J connectivity index is 1.67. The summed E-state index contributed by atoms with van der Waals surface area (Å²) in [4.78, 5) is 0. The highest BCUT2D eigenvalue weighted by molar-refractivity contribution is 7.90. The number of nitrogens with zero attached hydrogens (tertiary/aromatic N) is 2. The molecule has 124 valence electrons. The minimum absolute atomic E-state index is 0.0398. The summed E-state index contributed by atoms with van der Waals surface area (Å²) in [5, 5.41) is 6.78. The Bertz CT molecular complexity index is 770. The lowest BCUT2D eigenvalue weighted by atomic mass is 10.3. The van der Waals surface area contributed by atoms with Gasteiger partial charge in [-0.25, -0.2) is 0 Å². The molecule has 0 bridgehead atoms. The topological polar surface area (TPSA) is 87.3 Å². The number of hydrogen-bond donors (Lipinski definition) is 2. The van der Waals surface area contributed by atoms with Crippen LogP contribution in [0, 0.1) is 6.92 Å². The molecule has 1 aromatic carbocycles. The molecule has 1 aliphatic rings. The Morgan fingerprint density at radius 1 is 1.35 bits per heavy atom. The number of ether oxygens (including phenoxy) is 1. The minimum atomic E-state index is -3.51. The van der Waals surface area contributed by atoms with Crippen molar-refractivity contribution in [3.8, 4) is 11.6 Å². The van der Waals surface area contributed by atoms with Crippen LogP contribution in [-0.2, 0) is 10.2 Å². The van der Waals surface area contributed by atoms with Crippen LogP contribution >= 0.6 is 0 Å². The summed E-state index contributed by atoms with van der Waals surface area (Å²) in [5.41, 5.74) is 1.42. The van der Waals surface area contributed by atoms with Crippen molar-refractivity contribution < 1.29 is 13.2 Å². The van der Waals surface area contributed by atoms with E-state index < -0.39 is 10.2 Å². The van der Waals surface area contributed by atoms with Crippen molar-refractivity contribution in [3.05, 3.63) is 36.0 Å². The normalized spacial score (nSPS) is 19.0. The van der Waals surface area contributed by atoms with E-state index in [0.29, 0.717) is 23.9 Å². The second-order valence-electron chi connectivity index (χ2n) is 5.72. The Hall–Kier alpha value is -2.06. The zero-order valence-electron chi connectivity index (χ0n) is 13.1. The van der Waals surface area contributed by atoms with E-state index in [1.807, 2.05) is 13.8 Å². The summed E-state index contributed by atoms with van der Waals surface area (Å²) >= 11 is 0. The lowest BCUT2D eigenvalue weighted by Crippen LogP contribution is -2.37. The van der Waals surface area contributed by atoms with Gasteiger partial charge in [0, 0.05) is 24.3 Å². The second kappa shape index (κ2) is 6.21. The maximum atomic E-state index is 12.4. The number of aryl methyl sites for hydroxylation is 1. The van der Waals surface area contributed by atoms with Crippen molar-refractivity contribution in [2.75, 3.05) is 11.3 Å². The van der Waals surface area contributed by atoms with E-state index in [1.54, 1.807) is 30.3 Å². The first-order valence-corrected chi connectivity index (χ1v) is 8.97. The maximum absolute atomic E-state index is 12.4. The molecule has 0 radical (unpaired) electrons. The molecular formula is C15H20N4O3S. The number of H-pyrrole nitrogens is 1. The molecule has 7 nitrogen and oxygen atoms in total. The number of benzene rings is 1. The summed E-state index contributed by atoms with van der Waals surface area (Å²) < 4.78 is 34.4. The molecule has 1 fully saturated rings. The first-order valence-electron chi connectivity index (χ1n) is 7.53. The molecule has 8 heteroatoms. The highest BCUT2D eigenvalue weighted by Crippen LogP contribution is 2.25. The van der Waals surface area contributed by atoms with Gasteiger partial charge in [-0.1, -0.05) is 0 Å². The summed E-state index contributed by atoms with van der Waals surface area (Å²) in [6.07, 6.45) is 1.80. The van der Waals surface area contributed by atoms with E-state index in [2.05, 4.69) is 14.9 Å². The van der Waals surface area contributed by atoms with Gasteiger partial charge in [-0.2, -0.15) is 12.7 Å². The molecule has 2 N–H and O–H groups in total. The molecular weight excluding hydrogens is 316 g/mol. The van der Waals surface area contributed by atoms with Crippen LogP contribution in [0.2, 0.25) is 0 Å². The number of rotatable bonds is 5. The van der Waals surface area contributed by atoms with Crippen molar-refractivity contribution in [1.29, 1.82) is 0 Å². The van der Waals surface area contributed by atoms with Gasteiger partial charge in [-0.15, -0.1) is 5.10 Å².